The highest BCUT2D eigenvalue weighted by Gasteiger charge is 2.42. The molecule has 0 radical (unpaired) electrons. The Morgan fingerprint density at radius 1 is 1.33 bits per heavy atom. The Hall–Kier alpha value is -2.57. The largest absolute Gasteiger partial charge is 0.481 e. The molecule has 1 atom stereocenters. The summed E-state index contributed by atoms with van der Waals surface area (Å²) in [4.78, 5) is 36.7. The molecule has 24 heavy (non-hydrogen) atoms. The Morgan fingerprint density at radius 3 is 2.83 bits per heavy atom. The summed E-state index contributed by atoms with van der Waals surface area (Å²) in [5, 5.41) is 14.9. The van der Waals surface area contributed by atoms with Crippen molar-refractivity contribution >= 4 is 29.3 Å². The minimum Gasteiger partial charge on any atom is -0.481 e. The van der Waals surface area contributed by atoms with Crippen LogP contribution in [0.3, 0.4) is 0 Å². The van der Waals surface area contributed by atoms with E-state index in [-0.39, 0.29) is 18.5 Å². The van der Waals surface area contributed by atoms with E-state index < -0.39 is 11.4 Å². The van der Waals surface area contributed by atoms with E-state index in [0.717, 1.165) is 24.1 Å². The maximum absolute atomic E-state index is 12.4. The van der Waals surface area contributed by atoms with Crippen LogP contribution in [0.5, 0.6) is 0 Å². The highest BCUT2D eigenvalue weighted by Crippen LogP contribution is 2.31. The van der Waals surface area contributed by atoms with Crippen LogP contribution in [-0.2, 0) is 16.0 Å². The van der Waals surface area contributed by atoms with E-state index in [2.05, 4.69) is 10.6 Å². The van der Waals surface area contributed by atoms with Crippen LogP contribution in [0.15, 0.2) is 18.2 Å². The molecule has 1 saturated heterocycles. The van der Waals surface area contributed by atoms with E-state index in [1.807, 2.05) is 6.07 Å². The Balaban J connectivity index is 1.68. The van der Waals surface area contributed by atoms with Gasteiger partial charge in [0.15, 0.2) is 0 Å². The molecule has 0 aromatic heterocycles. The van der Waals surface area contributed by atoms with E-state index in [4.69, 9.17) is 0 Å². The van der Waals surface area contributed by atoms with Crippen LogP contribution in [0.25, 0.3) is 0 Å². The fourth-order valence-electron chi connectivity index (χ4n) is 3.16. The van der Waals surface area contributed by atoms with Gasteiger partial charge in [-0.15, -0.1) is 0 Å². The minimum atomic E-state index is -0.880. The summed E-state index contributed by atoms with van der Waals surface area (Å²) in [5.41, 5.74) is 1.56. The highest BCUT2D eigenvalue weighted by atomic mass is 16.4. The third kappa shape index (κ3) is 3.20. The fourth-order valence-corrected chi connectivity index (χ4v) is 3.16. The first-order valence-corrected chi connectivity index (χ1v) is 8.09. The molecule has 3 amide bonds. The number of fused-ring (bicyclic) bond motifs is 1. The lowest BCUT2D eigenvalue weighted by molar-refractivity contribution is -0.147. The van der Waals surface area contributed by atoms with Crippen molar-refractivity contribution in [1.29, 1.82) is 0 Å². The molecule has 1 aromatic rings. The zero-order valence-electron chi connectivity index (χ0n) is 13.6. The predicted molar refractivity (Wildman–Crippen MR) is 89.0 cm³/mol. The van der Waals surface area contributed by atoms with Gasteiger partial charge in [0.1, 0.15) is 0 Å². The number of hydrogen-bond donors (Lipinski definition) is 3. The number of anilines is 2. The third-order valence-electron chi connectivity index (χ3n) is 4.76. The van der Waals surface area contributed by atoms with Crippen molar-refractivity contribution in [1.82, 2.24) is 4.90 Å². The van der Waals surface area contributed by atoms with Crippen LogP contribution >= 0.6 is 0 Å². The third-order valence-corrected chi connectivity index (χ3v) is 4.76. The number of benzene rings is 1. The number of urea groups is 1. The van der Waals surface area contributed by atoms with Gasteiger partial charge < -0.3 is 20.6 Å². The maximum Gasteiger partial charge on any atom is 0.321 e. The molecule has 0 bridgehead atoms. The lowest BCUT2D eigenvalue weighted by Crippen LogP contribution is -2.37. The van der Waals surface area contributed by atoms with Gasteiger partial charge in [0, 0.05) is 30.9 Å². The molecular weight excluding hydrogens is 310 g/mol. The molecule has 2 heterocycles. The van der Waals surface area contributed by atoms with Crippen LogP contribution in [0, 0.1) is 5.41 Å². The molecule has 0 aliphatic carbocycles. The second-order valence-corrected chi connectivity index (χ2v) is 6.74. The minimum absolute atomic E-state index is 0.00978. The second kappa shape index (κ2) is 6.14. The Labute approximate surface area is 140 Å². The number of carbonyl (C=O) groups is 3. The Morgan fingerprint density at radius 2 is 2.12 bits per heavy atom. The number of hydrogen-bond acceptors (Lipinski definition) is 3. The van der Waals surface area contributed by atoms with Crippen molar-refractivity contribution in [3.05, 3.63) is 23.8 Å². The second-order valence-electron chi connectivity index (χ2n) is 6.74. The fraction of sp³-hybridized carbons (Fsp3) is 0.471. The van der Waals surface area contributed by atoms with Gasteiger partial charge in [-0.25, -0.2) is 4.79 Å². The normalized spacial score (nSPS) is 23.2. The van der Waals surface area contributed by atoms with Crippen LogP contribution in [0.4, 0.5) is 16.2 Å². The van der Waals surface area contributed by atoms with Crippen molar-refractivity contribution < 1.29 is 19.5 Å². The van der Waals surface area contributed by atoms with E-state index >= 15 is 0 Å². The molecule has 3 N–H and O–H groups in total. The monoisotopic (exact) mass is 331 g/mol. The number of carbonyl (C=O) groups excluding carboxylic acids is 2. The Bertz CT molecular complexity index is 703. The topological polar surface area (TPSA) is 98.7 Å². The van der Waals surface area contributed by atoms with Crippen molar-refractivity contribution in [2.24, 2.45) is 5.41 Å². The molecule has 2 aliphatic rings. The molecule has 7 heteroatoms. The number of nitrogens with zero attached hydrogens (tertiary/aromatic N) is 1. The maximum atomic E-state index is 12.4. The number of carboxylic acid groups (broad SMARTS) is 1. The molecular formula is C17H21N3O4. The SMILES string of the molecule is CC1(C(=O)O)CCN(C(=O)Nc2ccc3c(c2)CCCC(=O)N3)C1. The van der Waals surface area contributed by atoms with Gasteiger partial charge in [-0.3, -0.25) is 9.59 Å². The van der Waals surface area contributed by atoms with Crippen LogP contribution in [0.1, 0.15) is 31.7 Å². The molecule has 3 rings (SSSR count). The molecule has 7 nitrogen and oxygen atoms in total. The summed E-state index contributed by atoms with van der Waals surface area (Å²) in [6.45, 7) is 2.29. The van der Waals surface area contributed by atoms with E-state index in [0.29, 0.717) is 25.1 Å². The first-order chi connectivity index (χ1) is 11.4. The lowest BCUT2D eigenvalue weighted by Gasteiger charge is -2.21. The first kappa shape index (κ1) is 16.3. The van der Waals surface area contributed by atoms with E-state index in [9.17, 15) is 19.5 Å². The number of carboxylic acids is 1. The van der Waals surface area contributed by atoms with Crippen molar-refractivity contribution in [2.75, 3.05) is 23.7 Å². The summed E-state index contributed by atoms with van der Waals surface area (Å²) in [7, 11) is 0. The standard InChI is InChI=1S/C17H21N3O4/c1-17(15(22)23)7-8-20(10-17)16(24)18-12-5-6-13-11(9-12)3-2-4-14(21)19-13/h5-6,9H,2-4,7-8,10H2,1H3,(H,18,24)(H,19,21)(H,22,23). The van der Waals surface area contributed by atoms with Gasteiger partial charge >= 0.3 is 12.0 Å². The molecule has 0 spiro atoms. The van der Waals surface area contributed by atoms with E-state index in [1.165, 1.54) is 4.90 Å². The van der Waals surface area contributed by atoms with Crippen molar-refractivity contribution in [3.63, 3.8) is 0 Å². The van der Waals surface area contributed by atoms with Crippen LogP contribution < -0.4 is 10.6 Å². The van der Waals surface area contributed by atoms with Gasteiger partial charge in [-0.1, -0.05) is 0 Å². The Kier molecular flexibility index (Phi) is 4.17. The smallest absolute Gasteiger partial charge is 0.321 e. The summed E-state index contributed by atoms with van der Waals surface area (Å²) < 4.78 is 0. The predicted octanol–water partition coefficient (Wildman–Crippen LogP) is 2.29. The van der Waals surface area contributed by atoms with Gasteiger partial charge in [0.25, 0.3) is 0 Å². The van der Waals surface area contributed by atoms with Gasteiger partial charge in [-0.05, 0) is 49.9 Å². The summed E-state index contributed by atoms with van der Waals surface area (Å²) in [5.74, 6) is -0.867. The summed E-state index contributed by atoms with van der Waals surface area (Å²) >= 11 is 0. The zero-order chi connectivity index (χ0) is 17.3. The highest BCUT2D eigenvalue weighted by molar-refractivity contribution is 5.94. The van der Waals surface area contributed by atoms with Crippen molar-refractivity contribution in [3.8, 4) is 0 Å². The number of likely N-dealkylation sites (tertiary alicyclic amines) is 1. The number of aryl methyl sites for hydroxylation is 1. The zero-order valence-corrected chi connectivity index (χ0v) is 13.6. The lowest BCUT2D eigenvalue weighted by atomic mass is 9.90. The summed E-state index contributed by atoms with van der Waals surface area (Å²) in [6.07, 6.45) is 2.50. The molecule has 0 saturated carbocycles. The van der Waals surface area contributed by atoms with Crippen LogP contribution in [-0.4, -0.2) is 41.0 Å². The molecule has 1 unspecified atom stereocenters. The number of amides is 3. The molecule has 128 valence electrons. The van der Waals surface area contributed by atoms with Gasteiger partial charge in [-0.2, -0.15) is 0 Å². The molecule has 1 aromatic carbocycles. The average molecular weight is 331 g/mol. The van der Waals surface area contributed by atoms with E-state index in [1.54, 1.807) is 19.1 Å². The van der Waals surface area contributed by atoms with Crippen molar-refractivity contribution in [2.45, 2.75) is 32.6 Å². The van der Waals surface area contributed by atoms with Crippen LogP contribution in [0.2, 0.25) is 0 Å². The quantitative estimate of drug-likeness (QED) is 0.774. The average Bonchev–Trinajstić information content (AvgIpc) is 2.84. The van der Waals surface area contributed by atoms with Gasteiger partial charge in [0.2, 0.25) is 5.91 Å². The first-order valence-electron chi connectivity index (χ1n) is 8.09. The van der Waals surface area contributed by atoms with Gasteiger partial charge in [0.05, 0.1) is 5.41 Å². The number of nitrogens with one attached hydrogen (secondary N) is 2. The number of rotatable bonds is 2. The number of aliphatic carboxylic acids is 1. The summed E-state index contributed by atoms with van der Waals surface area (Å²) in [6, 6.07) is 5.11. The molecule has 2 aliphatic heterocycles. The molecule has 1 fully saturated rings.